The van der Waals surface area contributed by atoms with Gasteiger partial charge in [0.05, 0.1) is 10.7 Å². The molecule has 146 valence electrons. The van der Waals surface area contributed by atoms with Gasteiger partial charge in [0.15, 0.2) is 0 Å². The first-order valence-electron chi connectivity index (χ1n) is 8.66. The van der Waals surface area contributed by atoms with Crippen molar-refractivity contribution in [2.45, 2.75) is 13.8 Å². The van der Waals surface area contributed by atoms with E-state index in [-0.39, 0.29) is 11.3 Å². The van der Waals surface area contributed by atoms with E-state index in [1.165, 1.54) is 18.2 Å². The third kappa shape index (κ3) is 4.45. The van der Waals surface area contributed by atoms with E-state index in [0.717, 1.165) is 22.6 Å². The molecule has 0 atom stereocenters. The number of rotatable bonds is 4. The zero-order valence-electron chi connectivity index (χ0n) is 15.7. The second-order valence-electron chi connectivity index (χ2n) is 6.43. The second-order valence-corrected chi connectivity index (χ2v) is 7.27. The number of carbonyl (C=O) groups is 1. The Morgan fingerprint density at radius 1 is 1.14 bits per heavy atom. The molecule has 0 unspecified atom stereocenters. The van der Waals surface area contributed by atoms with Crippen molar-refractivity contribution in [2.75, 3.05) is 5.32 Å². The first-order chi connectivity index (χ1) is 13.8. The largest absolute Gasteiger partial charge is 0.508 e. The fourth-order valence-electron chi connectivity index (χ4n) is 3.01. The number of nitrogens with zero attached hydrogens (tertiary/aromatic N) is 2. The molecule has 2 N–H and O–H groups in total. The fraction of sp³-hybridized carbons (Fsp3) is 0.0909. The van der Waals surface area contributed by atoms with Gasteiger partial charge in [0, 0.05) is 22.1 Å². The van der Waals surface area contributed by atoms with E-state index in [1.54, 1.807) is 30.3 Å². The lowest BCUT2D eigenvalue weighted by molar-refractivity contribution is -0.112. The summed E-state index contributed by atoms with van der Waals surface area (Å²) in [6.07, 6.45) is 1.53. The normalized spacial score (nSPS) is 11.2. The Labute approximate surface area is 178 Å². The zero-order chi connectivity index (χ0) is 21.1. The van der Waals surface area contributed by atoms with Crippen LogP contribution >= 0.6 is 23.2 Å². The van der Waals surface area contributed by atoms with Gasteiger partial charge in [0.2, 0.25) is 0 Å². The average molecular weight is 426 g/mol. The van der Waals surface area contributed by atoms with Gasteiger partial charge in [0.25, 0.3) is 5.91 Å². The first kappa shape index (κ1) is 20.5. The van der Waals surface area contributed by atoms with Gasteiger partial charge in [-0.05, 0) is 74.0 Å². The minimum Gasteiger partial charge on any atom is -0.508 e. The predicted octanol–water partition coefficient (Wildman–Crippen LogP) is 5.65. The van der Waals surface area contributed by atoms with Crippen molar-refractivity contribution in [1.82, 2.24) is 4.57 Å². The topological polar surface area (TPSA) is 78.1 Å². The van der Waals surface area contributed by atoms with Crippen LogP contribution < -0.4 is 5.32 Å². The highest BCUT2D eigenvalue weighted by molar-refractivity contribution is 6.34. The van der Waals surface area contributed by atoms with E-state index in [0.29, 0.717) is 15.7 Å². The smallest absolute Gasteiger partial charge is 0.266 e. The van der Waals surface area contributed by atoms with Crippen LogP contribution in [0.15, 0.2) is 54.1 Å². The lowest BCUT2D eigenvalue weighted by Crippen LogP contribution is -2.13. The molecule has 0 aliphatic heterocycles. The van der Waals surface area contributed by atoms with Gasteiger partial charge in [-0.25, -0.2) is 0 Å². The van der Waals surface area contributed by atoms with Gasteiger partial charge in [-0.15, -0.1) is 0 Å². The summed E-state index contributed by atoms with van der Waals surface area (Å²) in [7, 11) is 0. The SMILES string of the molecule is Cc1cc(/C=C(/C#N)C(=O)Nc2ccc(O)cc2)c(C)n1-c1cc(Cl)ccc1Cl. The molecule has 7 heteroatoms. The Kier molecular flexibility index (Phi) is 5.97. The number of benzene rings is 2. The molecule has 1 heterocycles. The average Bonchev–Trinajstić information content (AvgIpc) is 2.96. The van der Waals surface area contributed by atoms with Crippen molar-refractivity contribution in [1.29, 1.82) is 5.26 Å². The number of nitrogens with one attached hydrogen (secondary N) is 1. The van der Waals surface area contributed by atoms with Gasteiger partial charge < -0.3 is 15.0 Å². The number of halogens is 2. The Bertz CT molecular complexity index is 1160. The van der Waals surface area contributed by atoms with E-state index in [9.17, 15) is 15.2 Å². The van der Waals surface area contributed by atoms with Crippen molar-refractivity contribution < 1.29 is 9.90 Å². The number of anilines is 1. The van der Waals surface area contributed by atoms with Crippen LogP contribution in [0.1, 0.15) is 17.0 Å². The summed E-state index contributed by atoms with van der Waals surface area (Å²) in [5, 5.41) is 22.6. The number of aromatic hydroxyl groups is 1. The van der Waals surface area contributed by atoms with Crippen LogP contribution in [0.3, 0.4) is 0 Å². The lowest BCUT2D eigenvalue weighted by Gasteiger charge is -2.12. The van der Waals surface area contributed by atoms with Crippen LogP contribution in [0.25, 0.3) is 11.8 Å². The summed E-state index contributed by atoms with van der Waals surface area (Å²) in [5.41, 5.74) is 3.57. The molecule has 1 amide bonds. The highest BCUT2D eigenvalue weighted by Gasteiger charge is 2.15. The maximum absolute atomic E-state index is 12.5. The van der Waals surface area contributed by atoms with Gasteiger partial charge in [-0.3, -0.25) is 4.79 Å². The molecule has 0 aliphatic carbocycles. The molecule has 3 aromatic rings. The highest BCUT2D eigenvalue weighted by Crippen LogP contribution is 2.30. The van der Waals surface area contributed by atoms with Gasteiger partial charge in [0.1, 0.15) is 17.4 Å². The standard InChI is InChI=1S/C22H17Cl2N3O2/c1-13-9-15(14(2)27(13)21-11-17(23)3-8-20(21)24)10-16(12-25)22(29)26-18-4-6-19(28)7-5-18/h3-11,28H,1-2H3,(H,26,29)/b16-10-. The molecular formula is C22H17Cl2N3O2. The summed E-state index contributed by atoms with van der Waals surface area (Å²) in [6.45, 7) is 3.78. The lowest BCUT2D eigenvalue weighted by atomic mass is 10.1. The minimum atomic E-state index is -0.538. The molecule has 29 heavy (non-hydrogen) atoms. The van der Waals surface area contributed by atoms with E-state index in [4.69, 9.17) is 23.2 Å². The summed E-state index contributed by atoms with van der Waals surface area (Å²) in [6, 6.07) is 15.0. The van der Waals surface area contributed by atoms with Crippen molar-refractivity contribution in [3.8, 4) is 17.5 Å². The van der Waals surface area contributed by atoms with Crippen molar-refractivity contribution in [2.24, 2.45) is 0 Å². The first-order valence-corrected chi connectivity index (χ1v) is 9.42. The number of carbonyl (C=O) groups excluding carboxylic acids is 1. The number of nitriles is 1. The van der Waals surface area contributed by atoms with Gasteiger partial charge in [-0.2, -0.15) is 5.26 Å². The van der Waals surface area contributed by atoms with Gasteiger partial charge in [-0.1, -0.05) is 23.2 Å². The number of phenolic OH excluding ortho intramolecular Hbond substituents is 1. The maximum atomic E-state index is 12.5. The van der Waals surface area contributed by atoms with Crippen LogP contribution in [-0.2, 0) is 4.79 Å². The monoisotopic (exact) mass is 425 g/mol. The maximum Gasteiger partial charge on any atom is 0.266 e. The summed E-state index contributed by atoms with van der Waals surface area (Å²) in [5.74, 6) is -0.449. The second kappa shape index (κ2) is 8.44. The molecule has 0 radical (unpaired) electrons. The summed E-state index contributed by atoms with van der Waals surface area (Å²) < 4.78 is 1.92. The zero-order valence-corrected chi connectivity index (χ0v) is 17.2. The Morgan fingerprint density at radius 2 is 1.83 bits per heavy atom. The molecule has 1 aromatic heterocycles. The van der Waals surface area contributed by atoms with Crippen LogP contribution in [0.4, 0.5) is 5.69 Å². The molecule has 3 rings (SSSR count). The summed E-state index contributed by atoms with van der Waals surface area (Å²) in [4.78, 5) is 12.5. The minimum absolute atomic E-state index is 0.0458. The number of aromatic nitrogens is 1. The van der Waals surface area contributed by atoms with Crippen LogP contribution in [0.2, 0.25) is 10.0 Å². The number of hydrogen-bond donors (Lipinski definition) is 2. The van der Waals surface area contributed by atoms with Crippen LogP contribution in [0, 0.1) is 25.2 Å². The molecule has 5 nitrogen and oxygen atoms in total. The molecule has 0 saturated carbocycles. The number of hydrogen-bond acceptors (Lipinski definition) is 3. The molecule has 0 bridgehead atoms. The molecule has 2 aromatic carbocycles. The quantitative estimate of drug-likeness (QED) is 0.321. The van der Waals surface area contributed by atoms with E-state index < -0.39 is 5.91 Å². The van der Waals surface area contributed by atoms with Gasteiger partial charge >= 0.3 is 0 Å². The molecule has 0 spiro atoms. The highest BCUT2D eigenvalue weighted by atomic mass is 35.5. The van der Waals surface area contributed by atoms with Crippen molar-refractivity contribution in [3.05, 3.63) is 81.1 Å². The van der Waals surface area contributed by atoms with Crippen molar-refractivity contribution >= 4 is 40.9 Å². The third-order valence-corrected chi connectivity index (χ3v) is 4.96. The van der Waals surface area contributed by atoms with E-state index >= 15 is 0 Å². The van der Waals surface area contributed by atoms with Crippen molar-refractivity contribution in [3.63, 3.8) is 0 Å². The molecule has 0 saturated heterocycles. The van der Waals surface area contributed by atoms with E-state index in [2.05, 4.69) is 5.32 Å². The Morgan fingerprint density at radius 3 is 2.48 bits per heavy atom. The van der Waals surface area contributed by atoms with Crippen LogP contribution in [0.5, 0.6) is 5.75 Å². The molecular weight excluding hydrogens is 409 g/mol. The molecule has 0 fully saturated rings. The molecule has 0 aliphatic rings. The number of aryl methyl sites for hydroxylation is 1. The predicted molar refractivity (Wildman–Crippen MR) is 116 cm³/mol. The number of phenols is 1. The number of amides is 1. The summed E-state index contributed by atoms with van der Waals surface area (Å²) >= 11 is 12.5. The van der Waals surface area contributed by atoms with E-state index in [1.807, 2.05) is 30.6 Å². The fourth-order valence-corrected chi connectivity index (χ4v) is 3.38. The Hall–Kier alpha value is -3.20. The van der Waals surface area contributed by atoms with Crippen LogP contribution in [-0.4, -0.2) is 15.6 Å². The Balaban J connectivity index is 1.96. The third-order valence-electron chi connectivity index (χ3n) is 4.41.